The van der Waals surface area contributed by atoms with E-state index in [0.29, 0.717) is 47.0 Å². The Kier molecular flexibility index (Phi) is 17.0. The number of carbonyl (C=O) groups excluding carboxylic acids is 1. The highest BCUT2D eigenvalue weighted by Gasteiger charge is 2.09. The number of aryl methyl sites for hydroxylation is 1. The molecule has 0 saturated carbocycles. The van der Waals surface area contributed by atoms with Gasteiger partial charge in [-0.2, -0.15) is 25.7 Å². The molecule has 10 heteroatoms. The van der Waals surface area contributed by atoms with E-state index in [4.69, 9.17) is 15.7 Å². The van der Waals surface area contributed by atoms with Crippen LogP contribution in [-0.2, 0) is 9.53 Å². The minimum absolute atomic E-state index is 0.0296. The summed E-state index contributed by atoms with van der Waals surface area (Å²) < 4.78 is 5.16. The molecular weight excluding hydrogens is 530 g/mol. The van der Waals surface area contributed by atoms with Crippen LogP contribution in [0.2, 0.25) is 0 Å². The molecule has 3 aromatic rings. The smallest absolute Gasteiger partial charge is 0.333 e. The van der Waals surface area contributed by atoms with Gasteiger partial charge in [0.05, 0.1) is 47.5 Å². The van der Waals surface area contributed by atoms with E-state index >= 15 is 0 Å². The summed E-state index contributed by atoms with van der Waals surface area (Å²) in [6, 6.07) is 21.9. The fraction of sp³-hybridized carbons (Fsp3) is 0.312. The minimum Gasteiger partial charge on any atom is -0.460 e. The monoisotopic (exact) mass is 571 g/mol. The summed E-state index contributed by atoms with van der Waals surface area (Å²) >= 11 is 0. The Morgan fingerprint density at radius 2 is 1.48 bits per heavy atom. The molecule has 42 heavy (non-hydrogen) atoms. The zero-order valence-electron chi connectivity index (χ0n) is 25.1. The number of ether oxygens (including phenoxy) is 1. The number of carbonyl (C=O) groups is 1. The van der Waals surface area contributed by atoms with Gasteiger partial charge in [0.25, 0.3) is 0 Å². The average molecular weight is 572 g/mol. The second-order valence-corrected chi connectivity index (χ2v) is 8.58. The van der Waals surface area contributed by atoms with E-state index in [-0.39, 0.29) is 13.2 Å². The Labute approximate surface area is 248 Å². The molecule has 222 valence electrons. The molecule has 0 radical (unpaired) electrons. The quantitative estimate of drug-likeness (QED) is 0.137. The van der Waals surface area contributed by atoms with Crippen LogP contribution in [0.15, 0.2) is 99.3 Å². The summed E-state index contributed by atoms with van der Waals surface area (Å²) in [5.41, 5.74) is 10.3. The first-order chi connectivity index (χ1) is 20.3. The lowest BCUT2D eigenvalue weighted by Gasteiger charge is -2.23. The highest BCUT2D eigenvalue weighted by Crippen LogP contribution is 2.28. The fourth-order valence-corrected chi connectivity index (χ4v) is 3.24. The molecule has 0 aromatic heterocycles. The van der Waals surface area contributed by atoms with Crippen LogP contribution >= 0.6 is 0 Å². The Morgan fingerprint density at radius 3 is 2.00 bits per heavy atom. The summed E-state index contributed by atoms with van der Waals surface area (Å²) in [5.74, 6) is -0.433. The second-order valence-electron chi connectivity index (χ2n) is 8.58. The number of rotatable bonds is 11. The zero-order valence-corrected chi connectivity index (χ0v) is 25.1. The number of esters is 1. The van der Waals surface area contributed by atoms with Crippen molar-refractivity contribution in [3.05, 3.63) is 90.0 Å². The maximum atomic E-state index is 11.6. The predicted octanol–water partition coefficient (Wildman–Crippen LogP) is 7.61. The van der Waals surface area contributed by atoms with Crippen molar-refractivity contribution >= 4 is 34.4 Å². The molecule has 0 spiro atoms. The van der Waals surface area contributed by atoms with Crippen LogP contribution in [0, 0.1) is 18.3 Å². The van der Waals surface area contributed by atoms with Crippen molar-refractivity contribution in [2.75, 3.05) is 37.7 Å². The highest BCUT2D eigenvalue weighted by atomic mass is 16.5. The van der Waals surface area contributed by atoms with Gasteiger partial charge in [-0.05, 0) is 92.7 Å². The van der Waals surface area contributed by atoms with Crippen LogP contribution in [0.3, 0.4) is 0 Å². The summed E-state index contributed by atoms with van der Waals surface area (Å²) in [4.78, 5) is 13.5. The minimum atomic E-state index is -0.433. The molecule has 3 rings (SSSR count). The molecule has 0 fully saturated rings. The van der Waals surface area contributed by atoms with Crippen molar-refractivity contribution in [3.8, 4) is 6.07 Å². The van der Waals surface area contributed by atoms with Crippen LogP contribution in [0.25, 0.3) is 0 Å². The molecule has 0 aliphatic carbocycles. The molecule has 0 saturated heterocycles. The molecule has 0 aliphatic heterocycles. The van der Waals surface area contributed by atoms with Crippen LogP contribution in [-0.4, -0.2) is 43.9 Å². The van der Waals surface area contributed by atoms with Crippen LogP contribution < -0.4 is 10.6 Å². The van der Waals surface area contributed by atoms with E-state index in [2.05, 4.69) is 33.1 Å². The molecule has 3 N–H and O–H groups in total. The molecule has 0 bridgehead atoms. The molecule has 10 nitrogen and oxygen atoms in total. The predicted molar refractivity (Wildman–Crippen MR) is 168 cm³/mol. The Bertz CT molecular complexity index is 1350. The number of azo groups is 2. The summed E-state index contributed by atoms with van der Waals surface area (Å²) in [7, 11) is 0. The van der Waals surface area contributed by atoms with Gasteiger partial charge in [0.15, 0.2) is 0 Å². The fourth-order valence-electron chi connectivity index (χ4n) is 3.24. The number of aliphatic hydroxyl groups excluding tert-OH is 1. The Balaban J connectivity index is 0.00000165. The van der Waals surface area contributed by atoms with Crippen molar-refractivity contribution in [2.24, 2.45) is 26.2 Å². The van der Waals surface area contributed by atoms with Gasteiger partial charge >= 0.3 is 5.97 Å². The third kappa shape index (κ3) is 12.6. The second kappa shape index (κ2) is 20.2. The number of aliphatic hydroxyl groups is 1. The van der Waals surface area contributed by atoms with E-state index in [1.54, 1.807) is 31.2 Å². The number of nitrogens with zero attached hydrogens (tertiary/aromatic N) is 6. The van der Waals surface area contributed by atoms with Gasteiger partial charge in [0.1, 0.15) is 6.61 Å². The van der Waals surface area contributed by atoms with E-state index in [1.807, 2.05) is 75.1 Å². The highest BCUT2D eigenvalue weighted by molar-refractivity contribution is 5.86. The standard InChI is InChI=1S/C28H28N6O3.C2H7N.C2H6/c1-20(2)28(36)37-17-15-34(14-16-35)26-11-8-24(9-12-26)31-33-27-13-10-25(18-21(27)3)32-30-23-6-4-22(19-29)5-7-23;1-2-3;1-2/h4-13,18,35H,1,14-17H2,2-3H3;2-3H2,1H3;1-2H3. The molecular formula is C32H41N7O3. The SMILES string of the molecule is C=C(C)C(=O)OCCN(CCO)c1ccc(N=Nc2ccc(N=Nc3ccc(C#N)cc3)cc2C)cc1.CC.CCN. The van der Waals surface area contributed by atoms with E-state index < -0.39 is 5.97 Å². The maximum absolute atomic E-state index is 11.6. The van der Waals surface area contributed by atoms with Gasteiger partial charge in [0, 0.05) is 17.8 Å². The lowest BCUT2D eigenvalue weighted by Crippen LogP contribution is -2.31. The Hall–Kier alpha value is -4.72. The first-order valence-electron chi connectivity index (χ1n) is 13.7. The molecule has 0 amide bonds. The third-order valence-electron chi connectivity index (χ3n) is 5.26. The molecule has 0 unspecified atom stereocenters. The number of nitrogens with two attached hydrogens (primary N) is 1. The number of anilines is 1. The van der Waals surface area contributed by atoms with Gasteiger partial charge in [-0.3, -0.25) is 0 Å². The average Bonchev–Trinajstić information content (AvgIpc) is 3.01. The normalized spacial score (nSPS) is 10.2. The molecule has 3 aromatic carbocycles. The molecule has 0 aliphatic rings. The first kappa shape index (κ1) is 35.3. The van der Waals surface area contributed by atoms with Gasteiger partial charge in [0.2, 0.25) is 0 Å². The van der Waals surface area contributed by atoms with Crippen LogP contribution in [0.5, 0.6) is 0 Å². The van der Waals surface area contributed by atoms with Crippen molar-refractivity contribution in [1.29, 1.82) is 5.26 Å². The number of hydrogen-bond acceptors (Lipinski definition) is 10. The number of nitriles is 1. The van der Waals surface area contributed by atoms with Gasteiger partial charge in [-0.1, -0.05) is 27.4 Å². The summed E-state index contributed by atoms with van der Waals surface area (Å²) in [6.07, 6.45) is 0. The molecule has 0 atom stereocenters. The lowest BCUT2D eigenvalue weighted by atomic mass is 10.2. The van der Waals surface area contributed by atoms with Crippen LogP contribution in [0.4, 0.5) is 28.4 Å². The summed E-state index contributed by atoms with van der Waals surface area (Å²) in [5, 5.41) is 35.4. The van der Waals surface area contributed by atoms with Gasteiger partial charge < -0.3 is 20.5 Å². The maximum Gasteiger partial charge on any atom is 0.333 e. The topological polar surface area (TPSA) is 149 Å². The Morgan fingerprint density at radius 1 is 0.952 bits per heavy atom. The van der Waals surface area contributed by atoms with Crippen molar-refractivity contribution in [1.82, 2.24) is 0 Å². The number of hydrogen-bond donors (Lipinski definition) is 2. The van der Waals surface area contributed by atoms with E-state index in [9.17, 15) is 9.90 Å². The van der Waals surface area contributed by atoms with Crippen molar-refractivity contribution in [3.63, 3.8) is 0 Å². The van der Waals surface area contributed by atoms with Crippen molar-refractivity contribution in [2.45, 2.75) is 34.6 Å². The summed E-state index contributed by atoms with van der Waals surface area (Å²) in [6.45, 7) is 14.7. The third-order valence-corrected chi connectivity index (χ3v) is 5.26. The lowest BCUT2D eigenvalue weighted by molar-refractivity contribution is -0.138. The van der Waals surface area contributed by atoms with Crippen LogP contribution in [0.1, 0.15) is 38.8 Å². The van der Waals surface area contributed by atoms with Gasteiger partial charge in [-0.25, -0.2) is 4.79 Å². The largest absolute Gasteiger partial charge is 0.460 e. The van der Waals surface area contributed by atoms with E-state index in [1.165, 1.54) is 0 Å². The number of benzene rings is 3. The van der Waals surface area contributed by atoms with Crippen molar-refractivity contribution < 1.29 is 14.6 Å². The zero-order chi connectivity index (χ0) is 31.3. The van der Waals surface area contributed by atoms with E-state index in [0.717, 1.165) is 17.8 Å². The van der Waals surface area contributed by atoms with Gasteiger partial charge in [-0.15, -0.1) is 0 Å². The molecule has 0 heterocycles. The first-order valence-corrected chi connectivity index (χ1v) is 13.7.